The van der Waals surface area contributed by atoms with E-state index in [4.69, 9.17) is 10.5 Å². The first-order valence-corrected chi connectivity index (χ1v) is 7.53. The van der Waals surface area contributed by atoms with Crippen molar-refractivity contribution in [3.63, 3.8) is 0 Å². The number of carbonyl (C=O) groups excluding carboxylic acids is 1. The number of methoxy groups -OCH3 is 1. The summed E-state index contributed by atoms with van der Waals surface area (Å²) >= 11 is 0. The number of ether oxygens (including phenoxy) is 1. The van der Waals surface area contributed by atoms with Gasteiger partial charge in [-0.2, -0.15) is 0 Å². The number of para-hydroxylation sites is 2. The van der Waals surface area contributed by atoms with Crippen LogP contribution in [0.15, 0.2) is 24.3 Å². The highest BCUT2D eigenvalue weighted by Crippen LogP contribution is 2.22. The number of nitrogens with one attached hydrogen (secondary N) is 1. The van der Waals surface area contributed by atoms with Gasteiger partial charge >= 0.3 is 0 Å². The molecule has 1 rings (SSSR count). The van der Waals surface area contributed by atoms with Crippen LogP contribution in [0.1, 0.15) is 6.92 Å². The highest BCUT2D eigenvalue weighted by atomic mass is 32.2. The second-order valence-corrected chi connectivity index (χ2v) is 5.84. The van der Waals surface area contributed by atoms with Crippen molar-refractivity contribution in [3.05, 3.63) is 24.3 Å². The largest absolute Gasteiger partial charge is 0.495 e. The molecular weight excluding hydrogens is 264 g/mol. The van der Waals surface area contributed by atoms with Gasteiger partial charge in [-0.05, 0) is 24.6 Å². The summed E-state index contributed by atoms with van der Waals surface area (Å²) in [7, 11) is 0.339. The number of anilines is 1. The Hall–Kier alpha value is -1.40. The summed E-state index contributed by atoms with van der Waals surface area (Å²) in [6, 6.07) is 7.10. The molecule has 0 heterocycles. The van der Waals surface area contributed by atoms with E-state index in [9.17, 15) is 9.00 Å². The minimum Gasteiger partial charge on any atom is -0.495 e. The highest BCUT2D eigenvalue weighted by molar-refractivity contribution is 7.85. The van der Waals surface area contributed by atoms with Crippen LogP contribution in [0.4, 0.5) is 5.69 Å². The van der Waals surface area contributed by atoms with Crippen molar-refractivity contribution in [2.24, 2.45) is 11.7 Å². The van der Waals surface area contributed by atoms with Gasteiger partial charge < -0.3 is 15.8 Å². The summed E-state index contributed by atoms with van der Waals surface area (Å²) in [5.41, 5.74) is 6.04. The lowest BCUT2D eigenvalue weighted by Gasteiger charge is -2.11. The fourth-order valence-corrected chi connectivity index (χ4v) is 2.78. The summed E-state index contributed by atoms with van der Waals surface area (Å²) < 4.78 is 16.9. The van der Waals surface area contributed by atoms with Crippen LogP contribution in [0.25, 0.3) is 0 Å². The Morgan fingerprint density at radius 1 is 1.47 bits per heavy atom. The molecule has 19 heavy (non-hydrogen) atoms. The molecule has 2 unspecified atom stereocenters. The van der Waals surface area contributed by atoms with Crippen LogP contribution in [-0.4, -0.2) is 35.3 Å². The molecule has 0 aliphatic rings. The van der Waals surface area contributed by atoms with Crippen LogP contribution in [0, 0.1) is 5.92 Å². The third-order valence-corrected chi connectivity index (χ3v) is 4.07. The van der Waals surface area contributed by atoms with Crippen LogP contribution in [0.2, 0.25) is 0 Å². The molecule has 0 radical (unpaired) electrons. The van der Waals surface area contributed by atoms with Crippen LogP contribution in [-0.2, 0) is 15.6 Å². The summed E-state index contributed by atoms with van der Waals surface area (Å²) in [4.78, 5) is 11.8. The Bertz CT molecular complexity index is 451. The van der Waals surface area contributed by atoms with Gasteiger partial charge in [-0.25, -0.2) is 0 Å². The predicted molar refractivity (Wildman–Crippen MR) is 77.7 cm³/mol. The zero-order chi connectivity index (χ0) is 14.3. The van der Waals surface area contributed by atoms with E-state index in [2.05, 4.69) is 5.32 Å². The predicted octanol–water partition coefficient (Wildman–Crippen LogP) is 0.977. The van der Waals surface area contributed by atoms with Gasteiger partial charge in [-0.15, -0.1) is 0 Å². The van der Waals surface area contributed by atoms with E-state index < -0.39 is 10.8 Å². The van der Waals surface area contributed by atoms with Crippen molar-refractivity contribution in [2.75, 3.05) is 30.5 Å². The Balaban J connectivity index is 2.53. The van der Waals surface area contributed by atoms with E-state index in [1.165, 1.54) is 7.11 Å². The standard InChI is InChI=1S/C13H20N2O3S/c1-10(7-14)8-19(17)9-13(16)15-11-5-3-4-6-12(11)18-2/h3-6,10H,7-9,14H2,1-2H3,(H,15,16). The molecule has 6 heteroatoms. The third kappa shape index (κ3) is 5.40. The Morgan fingerprint density at radius 2 is 2.16 bits per heavy atom. The molecule has 0 spiro atoms. The van der Waals surface area contributed by atoms with E-state index in [1.807, 2.05) is 13.0 Å². The molecule has 0 aromatic heterocycles. The maximum atomic E-state index is 11.8. The molecule has 5 nitrogen and oxygen atoms in total. The highest BCUT2D eigenvalue weighted by Gasteiger charge is 2.12. The van der Waals surface area contributed by atoms with Crippen LogP contribution in [0.3, 0.4) is 0 Å². The summed E-state index contributed by atoms with van der Waals surface area (Å²) in [6.07, 6.45) is 0. The Kier molecular flexibility index (Phi) is 6.52. The number of hydrogen-bond acceptors (Lipinski definition) is 4. The quantitative estimate of drug-likeness (QED) is 0.782. The van der Waals surface area contributed by atoms with Crippen molar-refractivity contribution < 1.29 is 13.7 Å². The topological polar surface area (TPSA) is 81.4 Å². The van der Waals surface area contributed by atoms with Gasteiger partial charge in [0.05, 0.1) is 12.8 Å². The molecule has 0 fully saturated rings. The molecule has 2 atom stereocenters. The fraction of sp³-hybridized carbons (Fsp3) is 0.462. The minimum atomic E-state index is -1.20. The number of benzene rings is 1. The number of carbonyl (C=O) groups is 1. The monoisotopic (exact) mass is 284 g/mol. The molecule has 0 saturated heterocycles. The lowest BCUT2D eigenvalue weighted by molar-refractivity contribution is -0.113. The molecule has 106 valence electrons. The number of amides is 1. The molecule has 1 amide bonds. The number of nitrogens with two attached hydrogens (primary N) is 1. The van der Waals surface area contributed by atoms with Crippen molar-refractivity contribution in [3.8, 4) is 5.75 Å². The van der Waals surface area contributed by atoms with Crippen molar-refractivity contribution in [2.45, 2.75) is 6.92 Å². The Morgan fingerprint density at radius 3 is 2.79 bits per heavy atom. The lowest BCUT2D eigenvalue weighted by atomic mass is 10.2. The van der Waals surface area contributed by atoms with E-state index >= 15 is 0 Å². The molecular formula is C13H20N2O3S. The van der Waals surface area contributed by atoms with Crippen molar-refractivity contribution in [1.29, 1.82) is 0 Å². The fourth-order valence-electron chi connectivity index (χ4n) is 1.52. The third-order valence-electron chi connectivity index (χ3n) is 2.55. The van der Waals surface area contributed by atoms with Gasteiger partial charge in [0.1, 0.15) is 11.5 Å². The molecule has 3 N–H and O–H groups in total. The zero-order valence-corrected chi connectivity index (χ0v) is 12.0. The van der Waals surface area contributed by atoms with Gasteiger partial charge in [-0.3, -0.25) is 9.00 Å². The van der Waals surface area contributed by atoms with E-state index in [0.29, 0.717) is 23.7 Å². The first-order valence-electron chi connectivity index (χ1n) is 6.04. The van der Waals surface area contributed by atoms with Crippen LogP contribution >= 0.6 is 0 Å². The smallest absolute Gasteiger partial charge is 0.237 e. The van der Waals surface area contributed by atoms with Gasteiger partial charge in [0.25, 0.3) is 0 Å². The molecule has 0 bridgehead atoms. The minimum absolute atomic E-state index is 0.0254. The molecule has 0 saturated carbocycles. The molecule has 1 aromatic rings. The number of hydrogen-bond donors (Lipinski definition) is 2. The Labute approximate surface area is 116 Å². The SMILES string of the molecule is COc1ccccc1NC(=O)CS(=O)CC(C)CN. The maximum Gasteiger partial charge on any atom is 0.237 e. The van der Waals surface area contributed by atoms with Gasteiger partial charge in [0.2, 0.25) is 5.91 Å². The van der Waals surface area contributed by atoms with Gasteiger partial charge in [0.15, 0.2) is 0 Å². The molecule has 1 aromatic carbocycles. The van der Waals surface area contributed by atoms with Gasteiger partial charge in [-0.1, -0.05) is 19.1 Å². The van der Waals surface area contributed by atoms with E-state index in [-0.39, 0.29) is 17.6 Å². The molecule has 0 aliphatic carbocycles. The first-order chi connectivity index (χ1) is 9.06. The molecule has 0 aliphatic heterocycles. The van der Waals surface area contributed by atoms with Gasteiger partial charge in [0, 0.05) is 16.6 Å². The first kappa shape index (κ1) is 15.7. The summed E-state index contributed by atoms with van der Waals surface area (Å²) in [5.74, 6) is 0.863. The van der Waals surface area contributed by atoms with E-state index in [1.54, 1.807) is 18.2 Å². The second-order valence-electron chi connectivity index (χ2n) is 4.34. The normalized spacial score (nSPS) is 13.6. The second kappa shape index (κ2) is 7.91. The average Bonchev–Trinajstić information content (AvgIpc) is 2.38. The zero-order valence-electron chi connectivity index (χ0n) is 11.2. The lowest BCUT2D eigenvalue weighted by Crippen LogP contribution is -2.25. The summed E-state index contributed by atoms with van der Waals surface area (Å²) in [6.45, 7) is 2.38. The maximum absolute atomic E-state index is 11.8. The van der Waals surface area contributed by atoms with Crippen molar-refractivity contribution in [1.82, 2.24) is 0 Å². The van der Waals surface area contributed by atoms with Crippen LogP contribution in [0.5, 0.6) is 5.75 Å². The van der Waals surface area contributed by atoms with Crippen LogP contribution < -0.4 is 15.8 Å². The van der Waals surface area contributed by atoms with Crippen molar-refractivity contribution >= 4 is 22.4 Å². The van der Waals surface area contributed by atoms with E-state index in [0.717, 1.165) is 0 Å². The summed E-state index contributed by atoms with van der Waals surface area (Å²) in [5, 5.41) is 2.70. The number of rotatable bonds is 7. The average molecular weight is 284 g/mol.